The Bertz CT molecular complexity index is 479. The van der Waals surface area contributed by atoms with Gasteiger partial charge in [-0.05, 0) is 41.9 Å². The molecule has 114 valence electrons. The summed E-state index contributed by atoms with van der Waals surface area (Å²) in [6.07, 6.45) is 4.08. The van der Waals surface area contributed by atoms with Gasteiger partial charge in [0.25, 0.3) is 0 Å². The summed E-state index contributed by atoms with van der Waals surface area (Å²) in [5.74, 6) is -0.0907. The first-order valence-electron chi connectivity index (χ1n) is 7.54. The van der Waals surface area contributed by atoms with Gasteiger partial charge in [-0.1, -0.05) is 0 Å². The maximum atomic E-state index is 10.6. The Labute approximate surface area is 124 Å². The molecule has 1 N–H and O–H groups in total. The summed E-state index contributed by atoms with van der Waals surface area (Å²) in [5, 5.41) is 14.0. The summed E-state index contributed by atoms with van der Waals surface area (Å²) < 4.78 is 0. The van der Waals surface area contributed by atoms with E-state index in [-0.39, 0.29) is 5.82 Å². The molecule has 3 heterocycles. The summed E-state index contributed by atoms with van der Waals surface area (Å²) in [6, 6.07) is 3.99. The van der Waals surface area contributed by atoms with Gasteiger partial charge < -0.3 is 20.3 Å². The van der Waals surface area contributed by atoms with Crippen molar-refractivity contribution >= 4 is 11.5 Å². The topological polar surface area (TPSA) is 74.5 Å². The third-order valence-electron chi connectivity index (χ3n) is 4.42. The molecule has 0 radical (unpaired) electrons. The van der Waals surface area contributed by atoms with Gasteiger partial charge in [0.15, 0.2) is 6.20 Å². The minimum absolute atomic E-state index is 0.0907. The van der Waals surface area contributed by atoms with Crippen LogP contribution in [0.2, 0.25) is 0 Å². The van der Waals surface area contributed by atoms with Crippen LogP contribution < -0.4 is 10.2 Å². The second kappa shape index (κ2) is 6.36. The van der Waals surface area contributed by atoms with E-state index in [9.17, 15) is 10.1 Å². The first-order chi connectivity index (χ1) is 10.2. The van der Waals surface area contributed by atoms with Crippen molar-refractivity contribution in [3.05, 3.63) is 28.4 Å². The molecule has 3 rings (SSSR count). The molecule has 2 fully saturated rings. The van der Waals surface area contributed by atoms with Crippen molar-refractivity contribution in [3.63, 3.8) is 0 Å². The Hall–Kier alpha value is -1.73. The monoisotopic (exact) mass is 291 g/mol. The molecular formula is C14H21N5O2. The molecular weight excluding hydrogens is 270 g/mol. The summed E-state index contributed by atoms with van der Waals surface area (Å²) >= 11 is 0. The highest BCUT2D eigenvalue weighted by Crippen LogP contribution is 2.20. The number of hydrogen-bond donors (Lipinski definition) is 1. The predicted molar refractivity (Wildman–Crippen MR) is 80.6 cm³/mol. The Morgan fingerprint density at radius 2 is 1.90 bits per heavy atom. The lowest BCUT2D eigenvalue weighted by Crippen LogP contribution is -2.52. The van der Waals surface area contributed by atoms with E-state index < -0.39 is 4.92 Å². The number of anilines is 1. The molecule has 1 aromatic heterocycles. The van der Waals surface area contributed by atoms with E-state index in [1.165, 1.54) is 18.9 Å². The number of piperazine rings is 1. The van der Waals surface area contributed by atoms with Crippen molar-refractivity contribution in [1.82, 2.24) is 15.2 Å². The Morgan fingerprint density at radius 3 is 2.48 bits per heavy atom. The van der Waals surface area contributed by atoms with E-state index in [0.29, 0.717) is 6.04 Å². The van der Waals surface area contributed by atoms with E-state index in [2.05, 4.69) is 20.1 Å². The highest BCUT2D eigenvalue weighted by atomic mass is 16.6. The molecule has 7 nitrogen and oxygen atoms in total. The first kappa shape index (κ1) is 14.2. The number of nitrogens with zero attached hydrogens (tertiary/aromatic N) is 4. The van der Waals surface area contributed by atoms with Gasteiger partial charge >= 0.3 is 5.82 Å². The van der Waals surface area contributed by atoms with Crippen LogP contribution in [0.3, 0.4) is 0 Å². The smallest absolute Gasteiger partial charge is 0.363 e. The van der Waals surface area contributed by atoms with Crippen molar-refractivity contribution < 1.29 is 4.92 Å². The van der Waals surface area contributed by atoms with E-state index >= 15 is 0 Å². The summed E-state index contributed by atoms with van der Waals surface area (Å²) in [7, 11) is 0. The molecule has 7 heteroatoms. The highest BCUT2D eigenvalue weighted by molar-refractivity contribution is 5.46. The number of nitro groups is 1. The minimum atomic E-state index is -0.459. The van der Waals surface area contributed by atoms with Gasteiger partial charge in [-0.25, -0.2) is 0 Å². The van der Waals surface area contributed by atoms with Crippen molar-refractivity contribution in [2.24, 2.45) is 0 Å². The number of hydrogen-bond acceptors (Lipinski definition) is 6. The Morgan fingerprint density at radius 1 is 1.19 bits per heavy atom. The van der Waals surface area contributed by atoms with E-state index in [1.54, 1.807) is 12.3 Å². The summed E-state index contributed by atoms with van der Waals surface area (Å²) in [4.78, 5) is 18.9. The molecule has 0 aromatic carbocycles. The van der Waals surface area contributed by atoms with Crippen LogP contribution in [0.15, 0.2) is 18.3 Å². The van der Waals surface area contributed by atoms with Crippen LogP contribution in [0.25, 0.3) is 0 Å². The standard InChI is InChI=1S/C14H21N5O2/c20-19(21)14-2-1-13(11-16-14)18-9-7-17(8-10-18)12-3-5-15-6-4-12/h1-2,11-12,15H,3-10H2. The Balaban J connectivity index is 1.56. The zero-order chi connectivity index (χ0) is 14.7. The fourth-order valence-corrected chi connectivity index (χ4v) is 3.19. The van der Waals surface area contributed by atoms with Gasteiger partial charge in [-0.15, -0.1) is 0 Å². The van der Waals surface area contributed by atoms with Crippen molar-refractivity contribution in [2.45, 2.75) is 18.9 Å². The lowest BCUT2D eigenvalue weighted by Gasteiger charge is -2.41. The van der Waals surface area contributed by atoms with Gasteiger partial charge in [0, 0.05) is 38.3 Å². The SMILES string of the molecule is O=[N+]([O-])c1ccc(N2CCN(C3CCNCC3)CC2)cn1. The molecule has 0 atom stereocenters. The van der Waals surface area contributed by atoms with Crippen LogP contribution in [0, 0.1) is 10.1 Å². The minimum Gasteiger partial charge on any atom is -0.366 e. The molecule has 0 aliphatic carbocycles. The van der Waals surface area contributed by atoms with Gasteiger partial charge in [0.05, 0.1) is 5.69 Å². The van der Waals surface area contributed by atoms with Crippen LogP contribution in [0.5, 0.6) is 0 Å². The lowest BCUT2D eigenvalue weighted by atomic mass is 10.0. The molecule has 1 aromatic rings. The van der Waals surface area contributed by atoms with Gasteiger partial charge in [0.2, 0.25) is 0 Å². The van der Waals surface area contributed by atoms with Gasteiger partial charge in [-0.2, -0.15) is 0 Å². The largest absolute Gasteiger partial charge is 0.366 e. The molecule has 0 spiro atoms. The van der Waals surface area contributed by atoms with Crippen molar-refractivity contribution in [3.8, 4) is 0 Å². The van der Waals surface area contributed by atoms with Crippen LogP contribution in [0.4, 0.5) is 11.5 Å². The number of rotatable bonds is 3. The second-order valence-corrected chi connectivity index (χ2v) is 5.64. The molecule has 2 aliphatic heterocycles. The average Bonchev–Trinajstić information content (AvgIpc) is 2.56. The molecule has 21 heavy (non-hydrogen) atoms. The summed E-state index contributed by atoms with van der Waals surface area (Å²) in [5.41, 5.74) is 0.977. The highest BCUT2D eigenvalue weighted by Gasteiger charge is 2.25. The van der Waals surface area contributed by atoms with E-state index in [0.717, 1.165) is 45.0 Å². The number of nitrogens with one attached hydrogen (secondary N) is 1. The molecule has 2 saturated heterocycles. The van der Waals surface area contributed by atoms with Crippen molar-refractivity contribution in [2.75, 3.05) is 44.2 Å². The normalized spacial score (nSPS) is 21.4. The lowest BCUT2D eigenvalue weighted by molar-refractivity contribution is -0.389. The van der Waals surface area contributed by atoms with E-state index in [4.69, 9.17) is 0 Å². The zero-order valence-corrected chi connectivity index (χ0v) is 12.1. The number of piperidine rings is 1. The fraction of sp³-hybridized carbons (Fsp3) is 0.643. The van der Waals surface area contributed by atoms with Crippen LogP contribution in [-0.2, 0) is 0 Å². The molecule has 0 saturated carbocycles. The fourth-order valence-electron chi connectivity index (χ4n) is 3.19. The van der Waals surface area contributed by atoms with Crippen LogP contribution in [0.1, 0.15) is 12.8 Å². The molecule has 2 aliphatic rings. The van der Waals surface area contributed by atoms with Gasteiger partial charge in [0.1, 0.15) is 0 Å². The van der Waals surface area contributed by atoms with Crippen LogP contribution >= 0.6 is 0 Å². The van der Waals surface area contributed by atoms with Crippen LogP contribution in [-0.4, -0.2) is 60.1 Å². The molecule has 0 amide bonds. The maximum Gasteiger partial charge on any atom is 0.363 e. The van der Waals surface area contributed by atoms with Crippen molar-refractivity contribution in [1.29, 1.82) is 0 Å². The maximum absolute atomic E-state index is 10.6. The predicted octanol–water partition coefficient (Wildman–Crippen LogP) is 0.864. The third kappa shape index (κ3) is 3.30. The second-order valence-electron chi connectivity index (χ2n) is 5.64. The average molecular weight is 291 g/mol. The van der Waals surface area contributed by atoms with Gasteiger partial charge in [-0.3, -0.25) is 4.90 Å². The summed E-state index contributed by atoms with van der Waals surface area (Å²) in [6.45, 7) is 6.28. The molecule has 0 unspecified atom stereocenters. The Kier molecular flexibility index (Phi) is 4.31. The molecule has 0 bridgehead atoms. The number of aromatic nitrogens is 1. The number of pyridine rings is 1. The first-order valence-corrected chi connectivity index (χ1v) is 7.54. The van der Waals surface area contributed by atoms with E-state index in [1.807, 2.05) is 0 Å². The quantitative estimate of drug-likeness (QED) is 0.658. The third-order valence-corrected chi connectivity index (χ3v) is 4.42. The zero-order valence-electron chi connectivity index (χ0n) is 12.1.